The van der Waals surface area contributed by atoms with Crippen molar-refractivity contribution in [1.29, 1.82) is 0 Å². The Bertz CT molecular complexity index is 984. The molecular formula is C17H18N2O3S3. The Kier molecular flexibility index (Phi) is 5.63. The molecule has 0 unspecified atom stereocenters. The van der Waals surface area contributed by atoms with Gasteiger partial charge in [0.05, 0.1) is 22.2 Å². The van der Waals surface area contributed by atoms with Crippen LogP contribution < -0.4 is 9.46 Å². The van der Waals surface area contributed by atoms with Crippen LogP contribution in [0.1, 0.15) is 12.5 Å². The zero-order valence-corrected chi connectivity index (χ0v) is 16.3. The molecule has 0 radical (unpaired) electrons. The van der Waals surface area contributed by atoms with Gasteiger partial charge in [-0.3, -0.25) is 0 Å². The Labute approximate surface area is 155 Å². The molecule has 0 aliphatic rings. The first kappa shape index (κ1) is 18.2. The van der Waals surface area contributed by atoms with Crippen LogP contribution in [0.15, 0.2) is 51.7 Å². The molecule has 0 aliphatic carbocycles. The lowest BCUT2D eigenvalue weighted by Crippen LogP contribution is -2.23. The summed E-state index contributed by atoms with van der Waals surface area (Å²) < 4.78 is 34.8. The number of ether oxygens (including phenoxy) is 1. The lowest BCUT2D eigenvalue weighted by molar-refractivity contribution is 0.414. The van der Waals surface area contributed by atoms with Gasteiger partial charge in [-0.25, -0.2) is 18.1 Å². The van der Waals surface area contributed by atoms with Crippen LogP contribution in [0, 0.1) is 0 Å². The van der Waals surface area contributed by atoms with E-state index >= 15 is 0 Å². The normalized spacial score (nSPS) is 11.8. The van der Waals surface area contributed by atoms with Crippen LogP contribution in [0.4, 0.5) is 0 Å². The van der Waals surface area contributed by atoms with Crippen LogP contribution in [0.25, 0.3) is 10.2 Å². The highest BCUT2D eigenvalue weighted by Crippen LogP contribution is 2.30. The molecule has 5 nitrogen and oxygen atoms in total. The van der Waals surface area contributed by atoms with Gasteiger partial charge in [0, 0.05) is 6.54 Å². The maximum absolute atomic E-state index is 12.6. The molecule has 3 aromatic rings. The van der Waals surface area contributed by atoms with E-state index in [-0.39, 0.29) is 11.4 Å². The van der Waals surface area contributed by atoms with Crippen molar-refractivity contribution < 1.29 is 13.2 Å². The number of hydrogen-bond acceptors (Lipinski definition) is 6. The van der Waals surface area contributed by atoms with Crippen molar-refractivity contribution in [2.24, 2.45) is 0 Å². The van der Waals surface area contributed by atoms with E-state index in [9.17, 15) is 8.42 Å². The van der Waals surface area contributed by atoms with Gasteiger partial charge in [0.2, 0.25) is 10.0 Å². The van der Waals surface area contributed by atoms with Crippen molar-refractivity contribution >= 4 is 43.3 Å². The third-order valence-electron chi connectivity index (χ3n) is 3.52. The van der Waals surface area contributed by atoms with E-state index in [4.69, 9.17) is 4.74 Å². The predicted octanol–water partition coefficient (Wildman–Crippen LogP) is 3.90. The molecule has 2 aromatic carbocycles. The van der Waals surface area contributed by atoms with Crippen LogP contribution in [0.3, 0.4) is 0 Å². The highest BCUT2D eigenvalue weighted by atomic mass is 32.2. The molecule has 0 spiro atoms. The maximum Gasteiger partial charge on any atom is 0.240 e. The molecule has 132 valence electrons. The average Bonchev–Trinajstić information content (AvgIpc) is 3.02. The van der Waals surface area contributed by atoms with Crippen molar-refractivity contribution in [2.45, 2.75) is 22.7 Å². The van der Waals surface area contributed by atoms with E-state index in [1.54, 1.807) is 37.1 Å². The number of hydrogen-bond donors (Lipinski definition) is 1. The number of nitrogens with zero attached hydrogens (tertiary/aromatic N) is 1. The Hall–Kier alpha value is -1.61. The molecule has 8 heteroatoms. The number of thiazole rings is 1. The van der Waals surface area contributed by atoms with Crippen molar-refractivity contribution in [3.63, 3.8) is 0 Å². The first-order chi connectivity index (χ1) is 12.0. The summed E-state index contributed by atoms with van der Waals surface area (Å²) in [4.78, 5) is 4.74. The van der Waals surface area contributed by atoms with Crippen LogP contribution >= 0.6 is 23.1 Å². The lowest BCUT2D eigenvalue weighted by atomic mass is 10.2. The number of rotatable bonds is 7. The molecule has 0 fully saturated rings. The van der Waals surface area contributed by atoms with Crippen molar-refractivity contribution in [2.75, 3.05) is 12.9 Å². The summed E-state index contributed by atoms with van der Waals surface area (Å²) in [5.74, 6) is 1.64. The lowest BCUT2D eigenvalue weighted by Gasteiger charge is -2.08. The van der Waals surface area contributed by atoms with Gasteiger partial charge >= 0.3 is 0 Å². The van der Waals surface area contributed by atoms with Crippen molar-refractivity contribution in [3.8, 4) is 5.75 Å². The Balaban J connectivity index is 1.80. The van der Waals surface area contributed by atoms with Gasteiger partial charge in [-0.05, 0) is 41.6 Å². The van der Waals surface area contributed by atoms with Crippen LogP contribution in [0.2, 0.25) is 0 Å². The molecule has 0 saturated carbocycles. The Morgan fingerprint density at radius 2 is 2.08 bits per heavy atom. The SMILES string of the molecule is CCSc1nc2ccc(S(=O)(=O)NCc3cccc(OC)c3)cc2s1. The van der Waals surface area contributed by atoms with E-state index in [1.165, 1.54) is 11.3 Å². The molecule has 1 heterocycles. The van der Waals surface area contributed by atoms with Gasteiger partial charge in [-0.15, -0.1) is 11.3 Å². The van der Waals surface area contributed by atoms with Crippen LogP contribution in [-0.4, -0.2) is 26.3 Å². The molecule has 0 amide bonds. The number of nitrogens with one attached hydrogen (secondary N) is 1. The molecular weight excluding hydrogens is 376 g/mol. The summed E-state index contributed by atoms with van der Waals surface area (Å²) in [5.41, 5.74) is 1.66. The number of thioether (sulfide) groups is 1. The molecule has 1 N–H and O–H groups in total. The predicted molar refractivity (Wildman–Crippen MR) is 103 cm³/mol. The maximum atomic E-state index is 12.6. The average molecular weight is 395 g/mol. The van der Waals surface area contributed by atoms with Gasteiger partial charge in [0.15, 0.2) is 4.34 Å². The van der Waals surface area contributed by atoms with E-state index in [2.05, 4.69) is 16.6 Å². The summed E-state index contributed by atoms with van der Waals surface area (Å²) in [7, 11) is -2.01. The minimum atomic E-state index is -3.59. The minimum Gasteiger partial charge on any atom is -0.497 e. The third-order valence-corrected chi connectivity index (χ3v) is 6.96. The standard InChI is InChI=1S/C17H18N2O3S3/c1-3-23-17-19-15-8-7-14(10-16(15)24-17)25(20,21)18-11-12-5-4-6-13(9-12)22-2/h4-10,18H,3,11H2,1-2H3. The topological polar surface area (TPSA) is 68.3 Å². The van der Waals surface area contributed by atoms with Crippen molar-refractivity contribution in [3.05, 3.63) is 48.0 Å². The molecule has 0 atom stereocenters. The van der Waals surface area contributed by atoms with Gasteiger partial charge in [0.25, 0.3) is 0 Å². The number of sulfonamides is 1. The number of fused-ring (bicyclic) bond motifs is 1. The van der Waals surface area contributed by atoms with E-state index in [0.717, 1.165) is 25.9 Å². The molecule has 25 heavy (non-hydrogen) atoms. The fraction of sp³-hybridized carbons (Fsp3) is 0.235. The first-order valence-corrected chi connectivity index (χ1v) is 11.0. The highest BCUT2D eigenvalue weighted by Gasteiger charge is 2.16. The van der Waals surface area contributed by atoms with E-state index in [1.807, 2.05) is 24.3 Å². The van der Waals surface area contributed by atoms with E-state index < -0.39 is 10.0 Å². The first-order valence-electron chi connectivity index (χ1n) is 7.68. The van der Waals surface area contributed by atoms with E-state index in [0.29, 0.717) is 5.75 Å². The van der Waals surface area contributed by atoms with Gasteiger partial charge in [-0.1, -0.05) is 30.8 Å². The smallest absolute Gasteiger partial charge is 0.240 e. The van der Waals surface area contributed by atoms with Gasteiger partial charge in [0.1, 0.15) is 5.75 Å². The Morgan fingerprint density at radius 3 is 2.84 bits per heavy atom. The monoisotopic (exact) mass is 394 g/mol. The quantitative estimate of drug-likeness (QED) is 0.616. The summed E-state index contributed by atoms with van der Waals surface area (Å²) in [6, 6.07) is 12.3. The van der Waals surface area contributed by atoms with Crippen LogP contribution in [0.5, 0.6) is 5.75 Å². The zero-order valence-electron chi connectivity index (χ0n) is 13.9. The van der Waals surface area contributed by atoms with Crippen molar-refractivity contribution in [1.82, 2.24) is 9.71 Å². The molecule has 1 aromatic heterocycles. The summed E-state index contributed by atoms with van der Waals surface area (Å²) in [5, 5.41) is 0. The fourth-order valence-corrected chi connectivity index (χ4v) is 5.40. The minimum absolute atomic E-state index is 0.206. The second kappa shape index (κ2) is 7.74. The number of methoxy groups -OCH3 is 1. The largest absolute Gasteiger partial charge is 0.497 e. The number of benzene rings is 2. The second-order valence-corrected chi connectivity index (χ2v) is 9.53. The summed E-state index contributed by atoms with van der Waals surface area (Å²) in [6.45, 7) is 2.27. The Morgan fingerprint density at radius 1 is 1.24 bits per heavy atom. The third kappa shape index (κ3) is 4.33. The fourth-order valence-electron chi connectivity index (χ4n) is 2.28. The summed E-state index contributed by atoms with van der Waals surface area (Å²) >= 11 is 3.17. The molecule has 3 rings (SSSR count). The molecule has 0 aliphatic heterocycles. The number of aromatic nitrogens is 1. The van der Waals surface area contributed by atoms with Gasteiger partial charge in [-0.2, -0.15) is 0 Å². The zero-order chi connectivity index (χ0) is 17.9. The summed E-state index contributed by atoms with van der Waals surface area (Å²) in [6.07, 6.45) is 0. The van der Waals surface area contributed by atoms with Crippen LogP contribution in [-0.2, 0) is 16.6 Å². The second-order valence-electron chi connectivity index (χ2n) is 5.22. The molecule has 0 bridgehead atoms. The highest BCUT2D eigenvalue weighted by molar-refractivity contribution is 8.01. The molecule has 0 saturated heterocycles. The van der Waals surface area contributed by atoms with Gasteiger partial charge < -0.3 is 4.74 Å².